The fraction of sp³-hybridized carbons (Fsp3) is 0.143. The number of aliphatic hydroxyl groups excluding tert-OH is 1. The predicted molar refractivity (Wildman–Crippen MR) is 73.6 cm³/mol. The van der Waals surface area contributed by atoms with Crippen LogP contribution in [0.25, 0.3) is 0 Å². The molecule has 0 amide bonds. The Morgan fingerprint density at radius 1 is 1.17 bits per heavy atom. The van der Waals surface area contributed by atoms with Crippen molar-refractivity contribution in [2.24, 2.45) is 0 Å². The van der Waals surface area contributed by atoms with Crippen molar-refractivity contribution in [3.63, 3.8) is 0 Å². The minimum absolute atomic E-state index is 0.305. The van der Waals surface area contributed by atoms with Gasteiger partial charge in [-0.3, -0.25) is 0 Å². The van der Waals surface area contributed by atoms with E-state index in [4.69, 9.17) is 5.73 Å². The van der Waals surface area contributed by atoms with Gasteiger partial charge in [-0.15, -0.1) is 0 Å². The van der Waals surface area contributed by atoms with E-state index in [-0.39, 0.29) is 5.82 Å². The molecule has 2 aromatic carbocycles. The van der Waals surface area contributed by atoms with E-state index in [1.54, 1.807) is 36.4 Å². The lowest BCUT2D eigenvalue weighted by atomic mass is 10.0. The molecule has 0 radical (unpaired) electrons. The molecular weight excluding hydrogens is 297 g/mol. The van der Waals surface area contributed by atoms with Gasteiger partial charge in [0.15, 0.2) is 0 Å². The van der Waals surface area contributed by atoms with Crippen LogP contribution >= 0.6 is 15.9 Å². The van der Waals surface area contributed by atoms with Crippen LogP contribution in [0, 0.1) is 5.82 Å². The van der Waals surface area contributed by atoms with Gasteiger partial charge in [-0.2, -0.15) is 0 Å². The first-order valence-electron chi connectivity index (χ1n) is 5.53. The third-order valence-electron chi connectivity index (χ3n) is 2.73. The van der Waals surface area contributed by atoms with E-state index in [0.29, 0.717) is 16.6 Å². The summed E-state index contributed by atoms with van der Waals surface area (Å²) in [7, 11) is 0. The van der Waals surface area contributed by atoms with Gasteiger partial charge in [0, 0.05) is 12.1 Å². The fourth-order valence-electron chi connectivity index (χ4n) is 1.73. The summed E-state index contributed by atoms with van der Waals surface area (Å²) in [6, 6.07) is 11.8. The van der Waals surface area contributed by atoms with E-state index in [9.17, 15) is 9.50 Å². The van der Waals surface area contributed by atoms with Crippen LogP contribution in [0.5, 0.6) is 0 Å². The maximum atomic E-state index is 13.1. The van der Waals surface area contributed by atoms with E-state index in [2.05, 4.69) is 15.9 Å². The highest BCUT2D eigenvalue weighted by atomic mass is 79.9. The number of hydrogen-bond donors (Lipinski definition) is 2. The van der Waals surface area contributed by atoms with Crippen molar-refractivity contribution in [1.82, 2.24) is 0 Å². The Hall–Kier alpha value is -1.39. The Kier molecular flexibility index (Phi) is 3.99. The second kappa shape index (κ2) is 5.50. The molecular formula is C14H13BrFNO. The van der Waals surface area contributed by atoms with Crippen molar-refractivity contribution in [2.75, 3.05) is 5.73 Å². The number of rotatable bonds is 3. The number of halogens is 2. The summed E-state index contributed by atoms with van der Waals surface area (Å²) < 4.78 is 13.5. The topological polar surface area (TPSA) is 46.2 Å². The van der Waals surface area contributed by atoms with Crippen LogP contribution in [0.1, 0.15) is 17.2 Å². The standard InChI is InChI=1S/C14H13BrFNO/c15-12-7-9(1-6-13(12)16)8-14(18)10-2-4-11(17)5-3-10/h1-7,14,18H,8,17H2. The quantitative estimate of drug-likeness (QED) is 0.853. The van der Waals surface area contributed by atoms with Gasteiger partial charge in [0.05, 0.1) is 10.6 Å². The SMILES string of the molecule is Nc1ccc(C(O)Cc2ccc(F)c(Br)c2)cc1. The predicted octanol–water partition coefficient (Wildman–Crippen LogP) is 3.45. The summed E-state index contributed by atoms with van der Waals surface area (Å²) in [4.78, 5) is 0. The lowest BCUT2D eigenvalue weighted by Gasteiger charge is -2.11. The molecule has 0 bridgehead atoms. The summed E-state index contributed by atoms with van der Waals surface area (Å²) in [6.45, 7) is 0. The first-order chi connectivity index (χ1) is 8.56. The van der Waals surface area contributed by atoms with Crippen molar-refractivity contribution in [3.05, 3.63) is 63.9 Å². The Morgan fingerprint density at radius 3 is 2.44 bits per heavy atom. The molecule has 4 heteroatoms. The molecule has 0 fully saturated rings. The van der Waals surface area contributed by atoms with Crippen molar-refractivity contribution in [3.8, 4) is 0 Å². The van der Waals surface area contributed by atoms with Gasteiger partial charge in [0.2, 0.25) is 0 Å². The van der Waals surface area contributed by atoms with E-state index >= 15 is 0 Å². The maximum absolute atomic E-state index is 13.1. The van der Waals surface area contributed by atoms with Crippen LogP contribution in [0.4, 0.5) is 10.1 Å². The molecule has 0 aliphatic carbocycles. The maximum Gasteiger partial charge on any atom is 0.137 e. The Bertz CT molecular complexity index is 542. The van der Waals surface area contributed by atoms with Crippen molar-refractivity contribution in [1.29, 1.82) is 0 Å². The van der Waals surface area contributed by atoms with Crippen LogP contribution < -0.4 is 5.73 Å². The van der Waals surface area contributed by atoms with Gasteiger partial charge >= 0.3 is 0 Å². The lowest BCUT2D eigenvalue weighted by Crippen LogP contribution is -2.02. The summed E-state index contributed by atoms with van der Waals surface area (Å²) in [5.74, 6) is -0.305. The van der Waals surface area contributed by atoms with Crippen molar-refractivity contribution < 1.29 is 9.50 Å². The Morgan fingerprint density at radius 2 is 1.83 bits per heavy atom. The van der Waals surface area contributed by atoms with Crippen LogP contribution in [-0.4, -0.2) is 5.11 Å². The zero-order chi connectivity index (χ0) is 13.1. The molecule has 2 nitrogen and oxygen atoms in total. The van der Waals surface area contributed by atoms with Gasteiger partial charge in [-0.25, -0.2) is 4.39 Å². The number of benzene rings is 2. The molecule has 0 aliphatic heterocycles. The molecule has 94 valence electrons. The van der Waals surface area contributed by atoms with E-state index in [0.717, 1.165) is 11.1 Å². The molecule has 1 unspecified atom stereocenters. The molecule has 3 N–H and O–H groups in total. The zero-order valence-electron chi connectivity index (χ0n) is 9.61. The van der Waals surface area contributed by atoms with Gasteiger partial charge in [-0.05, 0) is 51.3 Å². The highest BCUT2D eigenvalue weighted by molar-refractivity contribution is 9.10. The Balaban J connectivity index is 2.13. The first-order valence-corrected chi connectivity index (χ1v) is 6.33. The van der Waals surface area contributed by atoms with Crippen LogP contribution in [0.15, 0.2) is 46.9 Å². The van der Waals surface area contributed by atoms with E-state index in [1.807, 2.05) is 0 Å². The van der Waals surface area contributed by atoms with Gasteiger partial charge in [0.25, 0.3) is 0 Å². The number of anilines is 1. The normalized spacial score (nSPS) is 12.4. The van der Waals surface area contributed by atoms with Gasteiger partial charge in [0.1, 0.15) is 5.82 Å². The monoisotopic (exact) mass is 309 g/mol. The third-order valence-corrected chi connectivity index (χ3v) is 3.34. The van der Waals surface area contributed by atoms with Crippen LogP contribution in [0.3, 0.4) is 0 Å². The molecule has 0 spiro atoms. The van der Waals surface area contributed by atoms with Crippen LogP contribution in [-0.2, 0) is 6.42 Å². The minimum Gasteiger partial charge on any atom is -0.399 e. The molecule has 0 aliphatic rings. The highest BCUT2D eigenvalue weighted by Crippen LogP contribution is 2.22. The van der Waals surface area contributed by atoms with E-state index < -0.39 is 6.10 Å². The van der Waals surface area contributed by atoms with Crippen molar-refractivity contribution in [2.45, 2.75) is 12.5 Å². The van der Waals surface area contributed by atoms with Crippen LogP contribution in [0.2, 0.25) is 0 Å². The Labute approximate surface area is 113 Å². The highest BCUT2D eigenvalue weighted by Gasteiger charge is 2.09. The summed E-state index contributed by atoms with van der Waals surface area (Å²) in [5, 5.41) is 10.1. The summed E-state index contributed by atoms with van der Waals surface area (Å²) >= 11 is 3.13. The average Bonchev–Trinajstić information content (AvgIpc) is 2.34. The molecule has 0 aromatic heterocycles. The summed E-state index contributed by atoms with van der Waals surface area (Å²) in [5.41, 5.74) is 7.91. The second-order valence-electron chi connectivity index (χ2n) is 4.14. The number of hydrogen-bond acceptors (Lipinski definition) is 2. The first kappa shape index (κ1) is 13.1. The number of nitrogen functional groups attached to an aromatic ring is 1. The molecule has 18 heavy (non-hydrogen) atoms. The molecule has 2 rings (SSSR count). The lowest BCUT2D eigenvalue weighted by molar-refractivity contribution is 0.178. The van der Waals surface area contributed by atoms with Gasteiger partial charge in [-0.1, -0.05) is 18.2 Å². The smallest absolute Gasteiger partial charge is 0.137 e. The zero-order valence-corrected chi connectivity index (χ0v) is 11.2. The fourth-order valence-corrected chi connectivity index (χ4v) is 2.15. The number of aliphatic hydroxyl groups is 1. The molecule has 0 heterocycles. The minimum atomic E-state index is -0.622. The molecule has 2 aromatic rings. The molecule has 1 atom stereocenters. The number of nitrogens with two attached hydrogens (primary N) is 1. The summed E-state index contributed by atoms with van der Waals surface area (Å²) in [6.07, 6.45) is -0.189. The molecule has 0 saturated heterocycles. The second-order valence-corrected chi connectivity index (χ2v) is 4.99. The molecule has 0 saturated carbocycles. The van der Waals surface area contributed by atoms with Gasteiger partial charge < -0.3 is 10.8 Å². The largest absolute Gasteiger partial charge is 0.399 e. The average molecular weight is 310 g/mol. The third kappa shape index (κ3) is 3.09. The van der Waals surface area contributed by atoms with E-state index in [1.165, 1.54) is 6.07 Å². The van der Waals surface area contributed by atoms with Crippen molar-refractivity contribution >= 4 is 21.6 Å².